The summed E-state index contributed by atoms with van der Waals surface area (Å²) in [6.07, 6.45) is 4.76. The van der Waals surface area contributed by atoms with Crippen molar-refractivity contribution in [2.45, 2.75) is 25.7 Å². The maximum absolute atomic E-state index is 13.1. The molecule has 124 valence electrons. The first-order chi connectivity index (χ1) is 10.9. The lowest BCUT2D eigenvalue weighted by atomic mass is 10.0. The number of nitrogens with one attached hydrogen (secondary N) is 1. The maximum Gasteiger partial charge on any atom is 0.331 e. The van der Waals surface area contributed by atoms with Crippen molar-refractivity contribution >= 4 is 18.0 Å². The Bertz CT molecular complexity index is 592. The lowest BCUT2D eigenvalue weighted by Crippen LogP contribution is -2.21. The third-order valence-corrected chi connectivity index (χ3v) is 3.11. The molecule has 23 heavy (non-hydrogen) atoms. The van der Waals surface area contributed by atoms with E-state index in [1.165, 1.54) is 12.2 Å². The number of hydrogen-bond donors (Lipinski definition) is 2. The van der Waals surface area contributed by atoms with Crippen LogP contribution in [0.3, 0.4) is 0 Å². The number of unbranched alkanes of at least 4 members (excludes halogenated alkanes) is 2. The molecule has 0 aliphatic heterocycles. The fourth-order valence-electron chi connectivity index (χ4n) is 2.00. The summed E-state index contributed by atoms with van der Waals surface area (Å²) < 4.78 is 26.2. The molecular weight excluding hydrogens is 304 g/mol. The van der Waals surface area contributed by atoms with Crippen LogP contribution in [0.5, 0.6) is 0 Å². The van der Waals surface area contributed by atoms with Crippen LogP contribution in [0.25, 0.3) is 6.08 Å². The molecule has 0 heterocycles. The Morgan fingerprint density at radius 2 is 1.78 bits per heavy atom. The standard InChI is InChI=1S/C17H19F2NO3/c1-2-16(21)20-7-5-3-4-6-13(17(22)23)8-12-9-14(18)11-15(19)10-12/h2,8-11H,1,3-7H2,(H,20,21)(H,22,23)/b13-8+. The Hall–Kier alpha value is -2.50. The first-order valence-electron chi connectivity index (χ1n) is 7.22. The van der Waals surface area contributed by atoms with Gasteiger partial charge in [-0.3, -0.25) is 4.79 Å². The molecule has 0 aliphatic carbocycles. The van der Waals surface area contributed by atoms with Crippen LogP contribution in [0, 0.1) is 11.6 Å². The Morgan fingerprint density at radius 3 is 2.35 bits per heavy atom. The molecule has 0 saturated carbocycles. The van der Waals surface area contributed by atoms with Gasteiger partial charge in [-0.25, -0.2) is 13.6 Å². The van der Waals surface area contributed by atoms with Gasteiger partial charge < -0.3 is 10.4 Å². The molecular formula is C17H19F2NO3. The average Bonchev–Trinajstić information content (AvgIpc) is 2.47. The largest absolute Gasteiger partial charge is 0.478 e. The highest BCUT2D eigenvalue weighted by molar-refractivity contribution is 5.92. The second kappa shape index (κ2) is 9.50. The molecule has 0 aliphatic rings. The van der Waals surface area contributed by atoms with E-state index in [9.17, 15) is 18.4 Å². The molecule has 0 saturated heterocycles. The van der Waals surface area contributed by atoms with Crippen LogP contribution in [0.4, 0.5) is 8.78 Å². The fraction of sp³-hybridized carbons (Fsp3) is 0.294. The van der Waals surface area contributed by atoms with E-state index in [0.29, 0.717) is 19.4 Å². The van der Waals surface area contributed by atoms with Crippen molar-refractivity contribution in [2.24, 2.45) is 0 Å². The van der Waals surface area contributed by atoms with E-state index in [4.69, 9.17) is 5.11 Å². The predicted octanol–water partition coefficient (Wildman–Crippen LogP) is 3.30. The minimum atomic E-state index is -1.12. The molecule has 2 N–H and O–H groups in total. The average molecular weight is 323 g/mol. The topological polar surface area (TPSA) is 66.4 Å². The van der Waals surface area contributed by atoms with Gasteiger partial charge in [0, 0.05) is 18.2 Å². The van der Waals surface area contributed by atoms with E-state index in [0.717, 1.165) is 24.6 Å². The molecule has 1 amide bonds. The molecule has 1 aromatic carbocycles. The van der Waals surface area contributed by atoms with Crippen molar-refractivity contribution in [1.82, 2.24) is 5.32 Å². The minimum Gasteiger partial charge on any atom is -0.478 e. The van der Waals surface area contributed by atoms with Gasteiger partial charge in [0.15, 0.2) is 0 Å². The zero-order valence-electron chi connectivity index (χ0n) is 12.6. The van der Waals surface area contributed by atoms with E-state index >= 15 is 0 Å². The summed E-state index contributed by atoms with van der Waals surface area (Å²) in [4.78, 5) is 22.1. The second-order valence-electron chi connectivity index (χ2n) is 4.98. The van der Waals surface area contributed by atoms with Gasteiger partial charge in [0.05, 0.1) is 0 Å². The Kier molecular flexibility index (Phi) is 7.66. The summed E-state index contributed by atoms with van der Waals surface area (Å²) in [5.74, 6) is -2.86. The Labute approximate surface area is 133 Å². The third kappa shape index (κ3) is 7.35. The van der Waals surface area contributed by atoms with Crippen molar-refractivity contribution in [3.8, 4) is 0 Å². The number of hydrogen-bond acceptors (Lipinski definition) is 2. The van der Waals surface area contributed by atoms with Crippen LogP contribution in [0.1, 0.15) is 31.2 Å². The van der Waals surface area contributed by atoms with Gasteiger partial charge in [0.1, 0.15) is 11.6 Å². The van der Waals surface area contributed by atoms with Gasteiger partial charge in [-0.2, -0.15) is 0 Å². The third-order valence-electron chi connectivity index (χ3n) is 3.11. The molecule has 0 fully saturated rings. The Balaban J connectivity index is 2.52. The molecule has 4 nitrogen and oxygen atoms in total. The van der Waals surface area contributed by atoms with Crippen molar-refractivity contribution in [3.63, 3.8) is 0 Å². The van der Waals surface area contributed by atoms with E-state index in [-0.39, 0.29) is 23.5 Å². The number of benzene rings is 1. The summed E-state index contributed by atoms with van der Waals surface area (Å²) in [5, 5.41) is 11.8. The summed E-state index contributed by atoms with van der Waals surface area (Å²) in [6.45, 7) is 3.82. The molecule has 1 aromatic rings. The Morgan fingerprint density at radius 1 is 1.13 bits per heavy atom. The normalized spacial score (nSPS) is 11.1. The lowest BCUT2D eigenvalue weighted by molar-refractivity contribution is -0.132. The molecule has 0 radical (unpaired) electrons. The number of carboxylic acid groups (broad SMARTS) is 1. The highest BCUT2D eigenvalue weighted by Gasteiger charge is 2.08. The van der Waals surface area contributed by atoms with Crippen molar-refractivity contribution in [1.29, 1.82) is 0 Å². The van der Waals surface area contributed by atoms with Gasteiger partial charge in [0.25, 0.3) is 0 Å². The van der Waals surface area contributed by atoms with Crippen molar-refractivity contribution < 1.29 is 23.5 Å². The molecule has 0 unspecified atom stereocenters. The predicted molar refractivity (Wildman–Crippen MR) is 83.6 cm³/mol. The highest BCUT2D eigenvalue weighted by atomic mass is 19.1. The number of carbonyl (C=O) groups excluding carboxylic acids is 1. The number of halogens is 2. The van der Waals surface area contributed by atoms with Gasteiger partial charge in [-0.15, -0.1) is 0 Å². The summed E-state index contributed by atoms with van der Waals surface area (Å²) in [6, 6.07) is 2.89. The highest BCUT2D eigenvalue weighted by Crippen LogP contribution is 2.16. The van der Waals surface area contributed by atoms with Gasteiger partial charge >= 0.3 is 5.97 Å². The van der Waals surface area contributed by atoms with Crippen LogP contribution in [-0.2, 0) is 9.59 Å². The smallest absolute Gasteiger partial charge is 0.331 e. The van der Waals surface area contributed by atoms with E-state index in [1.54, 1.807) is 0 Å². The van der Waals surface area contributed by atoms with Crippen molar-refractivity contribution in [2.75, 3.05) is 6.54 Å². The van der Waals surface area contributed by atoms with Crippen LogP contribution in [0.2, 0.25) is 0 Å². The summed E-state index contributed by atoms with van der Waals surface area (Å²) in [7, 11) is 0. The first kappa shape index (κ1) is 18.5. The number of amides is 1. The van der Waals surface area contributed by atoms with Crippen LogP contribution < -0.4 is 5.32 Å². The number of carboxylic acids is 1. The number of aliphatic carboxylic acids is 1. The van der Waals surface area contributed by atoms with E-state index in [2.05, 4.69) is 11.9 Å². The monoisotopic (exact) mass is 323 g/mol. The zero-order valence-corrected chi connectivity index (χ0v) is 12.6. The van der Waals surface area contributed by atoms with Gasteiger partial charge in [-0.1, -0.05) is 13.0 Å². The van der Waals surface area contributed by atoms with Crippen LogP contribution in [-0.4, -0.2) is 23.5 Å². The fourth-order valence-corrected chi connectivity index (χ4v) is 2.00. The second-order valence-corrected chi connectivity index (χ2v) is 4.98. The quantitative estimate of drug-likeness (QED) is 0.541. The maximum atomic E-state index is 13.1. The van der Waals surface area contributed by atoms with E-state index < -0.39 is 17.6 Å². The number of rotatable bonds is 9. The molecule has 6 heteroatoms. The first-order valence-corrected chi connectivity index (χ1v) is 7.22. The molecule has 0 bridgehead atoms. The SMILES string of the molecule is C=CC(=O)NCCCCC/C(=C\c1cc(F)cc(F)c1)C(=O)O. The molecule has 0 atom stereocenters. The van der Waals surface area contributed by atoms with Gasteiger partial charge in [0.2, 0.25) is 5.91 Å². The zero-order chi connectivity index (χ0) is 17.2. The van der Waals surface area contributed by atoms with Crippen LogP contribution >= 0.6 is 0 Å². The van der Waals surface area contributed by atoms with E-state index in [1.807, 2.05) is 0 Å². The summed E-state index contributed by atoms with van der Waals surface area (Å²) >= 11 is 0. The lowest BCUT2D eigenvalue weighted by Gasteiger charge is -2.05. The van der Waals surface area contributed by atoms with Crippen LogP contribution in [0.15, 0.2) is 36.4 Å². The van der Waals surface area contributed by atoms with Gasteiger partial charge in [-0.05, 0) is 49.1 Å². The van der Waals surface area contributed by atoms with Crippen molar-refractivity contribution in [3.05, 3.63) is 53.6 Å². The summed E-state index contributed by atoms with van der Waals surface area (Å²) in [5.41, 5.74) is 0.267. The minimum absolute atomic E-state index is 0.0881. The molecule has 0 aromatic heterocycles. The molecule has 1 rings (SSSR count). The molecule has 0 spiro atoms. The number of carbonyl (C=O) groups is 2.